The smallest absolute Gasteiger partial charge is 0.372 e. The second-order valence-corrected chi connectivity index (χ2v) is 7.36. The fourth-order valence-corrected chi connectivity index (χ4v) is 3.59. The highest BCUT2D eigenvalue weighted by Crippen LogP contribution is 2.36. The van der Waals surface area contributed by atoms with Crippen molar-refractivity contribution in [3.05, 3.63) is 66.3 Å². The van der Waals surface area contributed by atoms with Crippen molar-refractivity contribution in [3.8, 4) is 11.3 Å². The van der Waals surface area contributed by atoms with Crippen molar-refractivity contribution in [2.75, 3.05) is 36.6 Å². The summed E-state index contributed by atoms with van der Waals surface area (Å²) < 4.78 is 39.5. The van der Waals surface area contributed by atoms with Gasteiger partial charge in [-0.05, 0) is 36.8 Å². The lowest BCUT2D eigenvalue weighted by atomic mass is 10.1. The molecule has 6 nitrogen and oxygen atoms in total. The molecule has 0 unspecified atom stereocenters. The summed E-state index contributed by atoms with van der Waals surface area (Å²) in [6, 6.07) is 8.88. The van der Waals surface area contributed by atoms with Crippen molar-refractivity contribution in [2.24, 2.45) is 4.99 Å². The molecule has 2 aliphatic rings. The average molecular weight is 428 g/mol. The number of anilines is 2. The number of fused-ring (bicyclic) bond motifs is 1. The zero-order valence-electron chi connectivity index (χ0n) is 17.1. The minimum Gasteiger partial charge on any atom is -0.372 e. The molecular weight excluding hydrogens is 405 g/mol. The van der Waals surface area contributed by atoms with E-state index in [1.807, 2.05) is 24.1 Å². The molecule has 0 radical (unpaired) electrons. The first-order valence-electron chi connectivity index (χ1n) is 9.90. The normalized spacial score (nSPS) is 16.2. The van der Waals surface area contributed by atoms with Crippen LogP contribution in [0.1, 0.15) is 12.0 Å². The van der Waals surface area contributed by atoms with E-state index in [1.165, 1.54) is 6.07 Å². The molecule has 2 aromatic rings. The molecular formula is C22H23F3N6. The van der Waals surface area contributed by atoms with Crippen LogP contribution < -0.4 is 20.4 Å². The van der Waals surface area contributed by atoms with Crippen LogP contribution in [-0.4, -0.2) is 38.0 Å². The highest BCUT2D eigenvalue weighted by Gasteiger charge is 2.31. The average Bonchev–Trinajstić information content (AvgIpc) is 2.92. The number of hydrogen-bond donors (Lipinski definition) is 2. The van der Waals surface area contributed by atoms with Gasteiger partial charge in [-0.15, -0.1) is 0 Å². The maximum Gasteiger partial charge on any atom is 0.416 e. The van der Waals surface area contributed by atoms with Crippen LogP contribution in [0.4, 0.5) is 24.7 Å². The van der Waals surface area contributed by atoms with Crippen LogP contribution in [-0.2, 0) is 6.18 Å². The number of aromatic nitrogens is 1. The molecule has 0 saturated carbocycles. The van der Waals surface area contributed by atoms with Crippen LogP contribution in [0.5, 0.6) is 0 Å². The lowest BCUT2D eigenvalue weighted by Crippen LogP contribution is -2.36. The van der Waals surface area contributed by atoms with E-state index in [1.54, 1.807) is 18.3 Å². The summed E-state index contributed by atoms with van der Waals surface area (Å²) in [7, 11) is 1.98. The van der Waals surface area contributed by atoms with E-state index >= 15 is 0 Å². The number of halogens is 3. The monoisotopic (exact) mass is 428 g/mol. The minimum absolute atomic E-state index is 0.413. The fraction of sp³-hybridized carbons (Fsp3) is 0.273. The molecule has 2 aliphatic heterocycles. The number of benzene rings is 1. The van der Waals surface area contributed by atoms with Gasteiger partial charge in [0.1, 0.15) is 18.3 Å². The van der Waals surface area contributed by atoms with Gasteiger partial charge in [-0.1, -0.05) is 18.7 Å². The predicted molar refractivity (Wildman–Crippen MR) is 117 cm³/mol. The van der Waals surface area contributed by atoms with Gasteiger partial charge in [0.05, 0.1) is 16.9 Å². The summed E-state index contributed by atoms with van der Waals surface area (Å²) in [6.07, 6.45) is -0.0111. The largest absolute Gasteiger partial charge is 0.416 e. The van der Waals surface area contributed by atoms with Crippen LogP contribution in [0.15, 0.2) is 65.7 Å². The molecule has 0 bridgehead atoms. The number of allylic oxidation sites excluding steroid dienone is 1. The van der Waals surface area contributed by atoms with Crippen LogP contribution >= 0.6 is 0 Å². The minimum atomic E-state index is -4.41. The molecule has 0 spiro atoms. The van der Waals surface area contributed by atoms with Crippen molar-refractivity contribution in [2.45, 2.75) is 12.6 Å². The van der Waals surface area contributed by atoms with Gasteiger partial charge < -0.3 is 20.4 Å². The van der Waals surface area contributed by atoms with Gasteiger partial charge in [0, 0.05) is 31.9 Å². The summed E-state index contributed by atoms with van der Waals surface area (Å²) in [4.78, 5) is 12.9. The Morgan fingerprint density at radius 3 is 2.77 bits per heavy atom. The molecule has 9 heteroatoms. The Kier molecular flexibility index (Phi) is 5.58. The van der Waals surface area contributed by atoms with Gasteiger partial charge in [0.25, 0.3) is 0 Å². The Morgan fingerprint density at radius 1 is 1.19 bits per heavy atom. The van der Waals surface area contributed by atoms with Gasteiger partial charge in [0.2, 0.25) is 0 Å². The lowest BCUT2D eigenvalue weighted by molar-refractivity contribution is -0.137. The first kappa shape index (κ1) is 20.8. The number of aliphatic imine (C=N–C) groups is 1. The number of rotatable bonds is 4. The van der Waals surface area contributed by atoms with Gasteiger partial charge in [-0.3, -0.25) is 4.99 Å². The standard InChI is InChI=1S/C22H23F3N6/c1-15(28-20-9-10-26-14-27-20)31-12-4-11-30(2)19-8-7-18(29-21(19)31)16-5-3-6-17(13-16)22(23,24)25/h3,5-10,13,27-28H,1,4,11-12,14H2,2H3. The molecule has 31 heavy (non-hydrogen) atoms. The summed E-state index contributed by atoms with van der Waals surface area (Å²) >= 11 is 0. The molecule has 162 valence electrons. The second kappa shape index (κ2) is 8.33. The Bertz CT molecular complexity index is 1040. The molecule has 4 rings (SSSR count). The number of alkyl halides is 3. The molecule has 2 N–H and O–H groups in total. The Morgan fingerprint density at radius 2 is 2.03 bits per heavy atom. The zero-order valence-corrected chi connectivity index (χ0v) is 17.1. The quantitative estimate of drug-likeness (QED) is 0.773. The molecule has 0 aliphatic carbocycles. The third kappa shape index (κ3) is 4.50. The maximum absolute atomic E-state index is 13.2. The summed E-state index contributed by atoms with van der Waals surface area (Å²) in [5, 5.41) is 6.37. The summed E-state index contributed by atoms with van der Waals surface area (Å²) in [6.45, 7) is 6.14. The van der Waals surface area contributed by atoms with Crippen molar-refractivity contribution >= 4 is 17.7 Å². The Hall–Kier alpha value is -3.49. The topological polar surface area (TPSA) is 55.8 Å². The van der Waals surface area contributed by atoms with Crippen LogP contribution in [0, 0.1) is 0 Å². The third-order valence-corrected chi connectivity index (χ3v) is 5.19. The summed E-state index contributed by atoms with van der Waals surface area (Å²) in [5.74, 6) is 2.05. The third-order valence-electron chi connectivity index (χ3n) is 5.19. The molecule has 3 heterocycles. The van der Waals surface area contributed by atoms with Crippen molar-refractivity contribution in [1.82, 2.24) is 15.6 Å². The second-order valence-electron chi connectivity index (χ2n) is 7.36. The van der Waals surface area contributed by atoms with Crippen molar-refractivity contribution in [3.63, 3.8) is 0 Å². The van der Waals surface area contributed by atoms with Crippen LogP contribution in [0.2, 0.25) is 0 Å². The van der Waals surface area contributed by atoms with Gasteiger partial charge in [-0.2, -0.15) is 13.2 Å². The van der Waals surface area contributed by atoms with Gasteiger partial charge in [0.15, 0.2) is 5.82 Å². The zero-order chi connectivity index (χ0) is 22.0. The Balaban J connectivity index is 1.71. The molecule has 0 atom stereocenters. The SMILES string of the molecule is C=C(NC1=CC=NCN1)N1CCCN(C)c2ccc(-c3cccc(C(F)(F)F)c3)nc21. The van der Waals surface area contributed by atoms with Crippen LogP contribution in [0.3, 0.4) is 0 Å². The highest BCUT2D eigenvalue weighted by molar-refractivity contribution is 5.75. The van der Waals surface area contributed by atoms with Crippen molar-refractivity contribution < 1.29 is 13.2 Å². The lowest BCUT2D eigenvalue weighted by Gasteiger charge is -2.28. The Labute approximate surface area is 178 Å². The van der Waals surface area contributed by atoms with Crippen LogP contribution in [0.25, 0.3) is 11.3 Å². The van der Waals surface area contributed by atoms with E-state index in [0.717, 1.165) is 36.6 Å². The van der Waals surface area contributed by atoms with Gasteiger partial charge in [-0.25, -0.2) is 4.98 Å². The number of nitrogens with zero attached hydrogens (tertiary/aromatic N) is 4. The number of hydrogen-bond acceptors (Lipinski definition) is 6. The molecule has 0 fully saturated rings. The predicted octanol–water partition coefficient (Wildman–Crippen LogP) is 3.95. The van der Waals surface area contributed by atoms with E-state index in [4.69, 9.17) is 4.98 Å². The number of pyridine rings is 1. The molecule has 0 saturated heterocycles. The fourth-order valence-electron chi connectivity index (χ4n) is 3.59. The molecule has 0 amide bonds. The van der Waals surface area contributed by atoms with E-state index in [-0.39, 0.29) is 0 Å². The molecule has 1 aromatic carbocycles. The first-order chi connectivity index (χ1) is 14.8. The molecule has 1 aromatic heterocycles. The van der Waals surface area contributed by atoms with E-state index in [2.05, 4.69) is 27.1 Å². The van der Waals surface area contributed by atoms with E-state index in [0.29, 0.717) is 36.1 Å². The highest BCUT2D eigenvalue weighted by atomic mass is 19.4. The summed E-state index contributed by atoms with van der Waals surface area (Å²) in [5.41, 5.74) is 1.08. The van der Waals surface area contributed by atoms with Crippen molar-refractivity contribution in [1.29, 1.82) is 0 Å². The van der Waals surface area contributed by atoms with E-state index < -0.39 is 11.7 Å². The first-order valence-corrected chi connectivity index (χ1v) is 9.90. The van der Waals surface area contributed by atoms with E-state index in [9.17, 15) is 13.2 Å². The van der Waals surface area contributed by atoms with Gasteiger partial charge >= 0.3 is 6.18 Å². The maximum atomic E-state index is 13.2. The number of nitrogens with one attached hydrogen (secondary N) is 2.